The molecule has 2 N–H and O–H groups in total. The summed E-state index contributed by atoms with van der Waals surface area (Å²) in [5, 5.41) is 0. The van der Waals surface area contributed by atoms with Gasteiger partial charge in [0.1, 0.15) is 0 Å². The first-order valence-electron chi connectivity index (χ1n) is 4.15. The van der Waals surface area contributed by atoms with E-state index in [1.165, 1.54) is 0 Å². The van der Waals surface area contributed by atoms with Crippen molar-refractivity contribution in [1.29, 1.82) is 0 Å². The van der Waals surface area contributed by atoms with Gasteiger partial charge in [-0.3, -0.25) is 4.79 Å². The number of thioether (sulfide) groups is 1. The Balaban J connectivity index is 3.08. The average Bonchev–Trinajstić information content (AvgIpc) is 2.15. The Morgan fingerprint density at radius 3 is 2.69 bits per heavy atom. The summed E-state index contributed by atoms with van der Waals surface area (Å²) in [5.41, 5.74) is 7.03. The number of benzene rings is 1. The van der Waals surface area contributed by atoms with Gasteiger partial charge >= 0.3 is 0 Å². The molecule has 0 aliphatic heterocycles. The Bertz CT molecular complexity index is 323. The summed E-state index contributed by atoms with van der Waals surface area (Å²) in [6.07, 6.45) is 2.49. The van der Waals surface area contributed by atoms with Gasteiger partial charge in [-0.2, -0.15) is 0 Å². The molecule has 1 aromatic carbocycles. The monoisotopic (exact) mass is 195 g/mol. The molecule has 0 fully saturated rings. The first kappa shape index (κ1) is 10.1. The highest BCUT2D eigenvalue weighted by Gasteiger charge is 2.04. The van der Waals surface area contributed by atoms with E-state index in [4.69, 9.17) is 5.73 Å². The Morgan fingerprint density at radius 2 is 2.15 bits per heavy atom. The van der Waals surface area contributed by atoms with Gasteiger partial charge in [-0.25, -0.2) is 0 Å². The maximum Gasteiger partial charge on any atom is 0.162 e. The van der Waals surface area contributed by atoms with Crippen molar-refractivity contribution in [2.24, 2.45) is 0 Å². The summed E-state index contributed by atoms with van der Waals surface area (Å²) < 4.78 is 0. The highest BCUT2D eigenvalue weighted by Crippen LogP contribution is 2.21. The molecule has 3 heteroatoms. The number of nitrogens with two attached hydrogens (primary N) is 1. The van der Waals surface area contributed by atoms with Gasteiger partial charge in [0.15, 0.2) is 5.78 Å². The Hall–Kier alpha value is -0.960. The number of hydrogen-bond donors (Lipinski definition) is 1. The number of hydrogen-bond acceptors (Lipinski definition) is 3. The van der Waals surface area contributed by atoms with Crippen LogP contribution >= 0.6 is 11.8 Å². The van der Waals surface area contributed by atoms with E-state index in [0.29, 0.717) is 17.7 Å². The van der Waals surface area contributed by atoms with Crippen LogP contribution in [-0.4, -0.2) is 12.0 Å². The average molecular weight is 195 g/mol. The SMILES string of the molecule is CCC(=O)c1cc(N)cc(SC)c1. The molecular weight excluding hydrogens is 182 g/mol. The first-order valence-corrected chi connectivity index (χ1v) is 5.37. The van der Waals surface area contributed by atoms with E-state index in [0.717, 1.165) is 4.90 Å². The molecule has 0 unspecified atom stereocenters. The van der Waals surface area contributed by atoms with Crippen molar-refractivity contribution in [1.82, 2.24) is 0 Å². The van der Waals surface area contributed by atoms with E-state index in [9.17, 15) is 4.79 Å². The topological polar surface area (TPSA) is 43.1 Å². The standard InChI is InChI=1S/C10H13NOS/c1-3-10(12)7-4-8(11)6-9(5-7)13-2/h4-6H,3,11H2,1-2H3. The molecule has 0 aliphatic rings. The lowest BCUT2D eigenvalue weighted by molar-refractivity contribution is 0.0988. The zero-order valence-electron chi connectivity index (χ0n) is 7.83. The zero-order valence-corrected chi connectivity index (χ0v) is 8.65. The van der Waals surface area contributed by atoms with Crippen LogP contribution in [0.1, 0.15) is 23.7 Å². The molecule has 0 saturated heterocycles. The van der Waals surface area contributed by atoms with Crippen molar-refractivity contribution < 1.29 is 4.79 Å². The summed E-state index contributed by atoms with van der Waals surface area (Å²) in [5.74, 6) is 0.141. The van der Waals surface area contributed by atoms with Crippen LogP contribution in [0.2, 0.25) is 0 Å². The van der Waals surface area contributed by atoms with Gasteiger partial charge in [0.2, 0.25) is 0 Å². The van der Waals surface area contributed by atoms with Crippen molar-refractivity contribution in [2.75, 3.05) is 12.0 Å². The number of Topliss-reactive ketones (excluding diaryl/α,β-unsaturated/α-hetero) is 1. The summed E-state index contributed by atoms with van der Waals surface area (Å²) in [4.78, 5) is 12.4. The summed E-state index contributed by atoms with van der Waals surface area (Å²) >= 11 is 1.59. The van der Waals surface area contributed by atoms with Crippen molar-refractivity contribution >= 4 is 23.2 Å². The predicted molar refractivity (Wildman–Crippen MR) is 57.3 cm³/mol. The number of carbonyl (C=O) groups excluding carboxylic acids is 1. The van der Waals surface area contributed by atoms with Crippen LogP contribution in [-0.2, 0) is 0 Å². The molecule has 70 valence electrons. The van der Waals surface area contributed by atoms with Crippen LogP contribution in [0.4, 0.5) is 5.69 Å². The van der Waals surface area contributed by atoms with Gasteiger partial charge in [-0.05, 0) is 24.5 Å². The van der Waals surface area contributed by atoms with Crippen LogP contribution in [0.25, 0.3) is 0 Å². The molecule has 0 amide bonds. The fourth-order valence-corrected chi connectivity index (χ4v) is 1.60. The lowest BCUT2D eigenvalue weighted by Crippen LogP contribution is -1.98. The molecule has 0 spiro atoms. The van der Waals surface area contributed by atoms with Crippen LogP contribution in [0.5, 0.6) is 0 Å². The fraction of sp³-hybridized carbons (Fsp3) is 0.300. The number of carbonyl (C=O) groups is 1. The lowest BCUT2D eigenvalue weighted by atomic mass is 10.1. The van der Waals surface area contributed by atoms with Crippen molar-refractivity contribution in [3.05, 3.63) is 23.8 Å². The maximum absolute atomic E-state index is 11.4. The third-order valence-electron chi connectivity index (χ3n) is 1.81. The van der Waals surface area contributed by atoms with Crippen LogP contribution in [0, 0.1) is 0 Å². The Labute approximate surface area is 82.5 Å². The molecular formula is C10H13NOS. The molecule has 1 rings (SSSR count). The first-order chi connectivity index (χ1) is 6.17. The fourth-order valence-electron chi connectivity index (χ4n) is 1.11. The second kappa shape index (κ2) is 4.33. The largest absolute Gasteiger partial charge is 0.399 e. The van der Waals surface area contributed by atoms with E-state index >= 15 is 0 Å². The van der Waals surface area contributed by atoms with E-state index in [1.807, 2.05) is 25.3 Å². The lowest BCUT2D eigenvalue weighted by Gasteiger charge is -2.03. The molecule has 1 aromatic rings. The zero-order chi connectivity index (χ0) is 9.84. The summed E-state index contributed by atoms with van der Waals surface area (Å²) in [6, 6.07) is 5.48. The quantitative estimate of drug-likeness (QED) is 0.458. The van der Waals surface area contributed by atoms with E-state index in [-0.39, 0.29) is 5.78 Å². The normalized spacial score (nSPS) is 10.0. The third-order valence-corrected chi connectivity index (χ3v) is 2.51. The third kappa shape index (κ3) is 2.49. The number of anilines is 1. The molecule has 0 bridgehead atoms. The summed E-state index contributed by atoms with van der Waals surface area (Å²) in [6.45, 7) is 1.85. The van der Waals surface area contributed by atoms with Crippen LogP contribution < -0.4 is 5.73 Å². The van der Waals surface area contributed by atoms with Crippen molar-refractivity contribution in [3.63, 3.8) is 0 Å². The van der Waals surface area contributed by atoms with Crippen molar-refractivity contribution in [2.45, 2.75) is 18.2 Å². The second-order valence-electron chi connectivity index (χ2n) is 2.77. The predicted octanol–water partition coefficient (Wildman–Crippen LogP) is 2.58. The van der Waals surface area contributed by atoms with Crippen LogP contribution in [0.15, 0.2) is 23.1 Å². The highest BCUT2D eigenvalue weighted by molar-refractivity contribution is 7.98. The van der Waals surface area contributed by atoms with Gasteiger partial charge in [-0.1, -0.05) is 6.92 Å². The molecule has 0 atom stereocenters. The van der Waals surface area contributed by atoms with E-state index in [2.05, 4.69) is 0 Å². The molecule has 0 heterocycles. The van der Waals surface area contributed by atoms with E-state index in [1.54, 1.807) is 17.8 Å². The number of nitrogen functional groups attached to an aromatic ring is 1. The van der Waals surface area contributed by atoms with Gasteiger partial charge in [0.25, 0.3) is 0 Å². The maximum atomic E-state index is 11.4. The van der Waals surface area contributed by atoms with E-state index < -0.39 is 0 Å². The molecule has 0 aliphatic carbocycles. The number of rotatable bonds is 3. The second-order valence-corrected chi connectivity index (χ2v) is 3.65. The van der Waals surface area contributed by atoms with Gasteiger partial charge in [0, 0.05) is 22.6 Å². The Kier molecular flexibility index (Phi) is 3.37. The Morgan fingerprint density at radius 1 is 1.46 bits per heavy atom. The minimum Gasteiger partial charge on any atom is -0.399 e. The minimum atomic E-state index is 0.141. The number of ketones is 1. The van der Waals surface area contributed by atoms with Gasteiger partial charge in [0.05, 0.1) is 0 Å². The molecule has 0 aromatic heterocycles. The highest BCUT2D eigenvalue weighted by atomic mass is 32.2. The summed E-state index contributed by atoms with van der Waals surface area (Å²) in [7, 11) is 0. The minimum absolute atomic E-state index is 0.141. The van der Waals surface area contributed by atoms with Crippen LogP contribution in [0.3, 0.4) is 0 Å². The van der Waals surface area contributed by atoms with Crippen molar-refractivity contribution in [3.8, 4) is 0 Å². The van der Waals surface area contributed by atoms with Gasteiger partial charge < -0.3 is 5.73 Å². The molecule has 2 nitrogen and oxygen atoms in total. The molecule has 0 saturated carbocycles. The smallest absolute Gasteiger partial charge is 0.162 e. The molecule has 0 radical (unpaired) electrons. The molecule has 13 heavy (non-hydrogen) atoms. The van der Waals surface area contributed by atoms with Gasteiger partial charge in [-0.15, -0.1) is 11.8 Å².